The van der Waals surface area contributed by atoms with Gasteiger partial charge in [0.05, 0.1) is 11.4 Å². The van der Waals surface area contributed by atoms with Crippen LogP contribution in [0.3, 0.4) is 0 Å². The Hall–Kier alpha value is -2.50. The highest BCUT2D eigenvalue weighted by molar-refractivity contribution is 5.96. The normalized spacial score (nSPS) is 13.8. The summed E-state index contributed by atoms with van der Waals surface area (Å²) in [4.78, 5) is 27.3. The number of H-pyrrole nitrogens is 2. The Morgan fingerprint density at radius 1 is 1.24 bits per heavy atom. The van der Waals surface area contributed by atoms with Crippen LogP contribution in [0.25, 0.3) is 11.3 Å². The van der Waals surface area contributed by atoms with E-state index in [0.29, 0.717) is 17.1 Å². The van der Waals surface area contributed by atoms with Crippen molar-refractivity contribution in [2.45, 2.75) is 0 Å². The first-order chi connectivity index (χ1) is 8.22. The average molecular weight is 231 g/mol. The molecule has 0 atom stereocenters. The molecule has 2 heterocycles. The number of hydrogen-bond donors (Lipinski definition) is 3. The zero-order valence-corrected chi connectivity index (χ0v) is 8.74. The Kier molecular flexibility index (Phi) is 2.01. The lowest BCUT2D eigenvalue weighted by Gasteiger charge is -2.18. The summed E-state index contributed by atoms with van der Waals surface area (Å²) in [6.45, 7) is 0.0351. The Balaban J connectivity index is 2.06. The molecule has 17 heavy (non-hydrogen) atoms. The SMILES string of the molecule is O=C1COc2ccc(-c3c[nH]c(=O)[nH]3)cc2N1. The van der Waals surface area contributed by atoms with Gasteiger partial charge in [0.1, 0.15) is 5.75 Å². The van der Waals surface area contributed by atoms with E-state index in [1.54, 1.807) is 18.3 Å². The predicted octanol–water partition coefficient (Wildman–Crippen LogP) is 0.701. The maximum atomic E-state index is 11.2. The van der Waals surface area contributed by atoms with E-state index in [-0.39, 0.29) is 18.2 Å². The second-order valence-corrected chi connectivity index (χ2v) is 3.70. The van der Waals surface area contributed by atoms with Gasteiger partial charge in [-0.2, -0.15) is 0 Å². The van der Waals surface area contributed by atoms with E-state index in [1.165, 1.54) is 0 Å². The molecule has 0 saturated heterocycles. The Labute approximate surface area is 95.6 Å². The molecule has 86 valence electrons. The lowest BCUT2D eigenvalue weighted by atomic mass is 10.1. The van der Waals surface area contributed by atoms with Gasteiger partial charge in [-0.15, -0.1) is 0 Å². The minimum absolute atomic E-state index is 0.0351. The van der Waals surface area contributed by atoms with Crippen LogP contribution in [0.1, 0.15) is 0 Å². The van der Waals surface area contributed by atoms with E-state index in [4.69, 9.17) is 4.74 Å². The fraction of sp³-hybridized carbons (Fsp3) is 0.0909. The maximum absolute atomic E-state index is 11.2. The van der Waals surface area contributed by atoms with Gasteiger partial charge in [0, 0.05) is 11.8 Å². The number of benzene rings is 1. The zero-order valence-electron chi connectivity index (χ0n) is 8.74. The summed E-state index contributed by atoms with van der Waals surface area (Å²) >= 11 is 0. The van der Waals surface area contributed by atoms with Crippen molar-refractivity contribution < 1.29 is 9.53 Å². The van der Waals surface area contributed by atoms with Crippen molar-refractivity contribution in [2.75, 3.05) is 11.9 Å². The molecule has 0 bridgehead atoms. The van der Waals surface area contributed by atoms with E-state index < -0.39 is 0 Å². The van der Waals surface area contributed by atoms with Crippen molar-refractivity contribution in [3.05, 3.63) is 34.9 Å². The number of amides is 1. The summed E-state index contributed by atoms with van der Waals surface area (Å²) in [7, 11) is 0. The molecule has 1 aromatic carbocycles. The van der Waals surface area contributed by atoms with Crippen molar-refractivity contribution in [2.24, 2.45) is 0 Å². The quantitative estimate of drug-likeness (QED) is 0.675. The van der Waals surface area contributed by atoms with Gasteiger partial charge in [0.2, 0.25) is 0 Å². The van der Waals surface area contributed by atoms with E-state index in [1.807, 2.05) is 6.07 Å². The molecule has 0 aliphatic carbocycles. The lowest BCUT2D eigenvalue weighted by molar-refractivity contribution is -0.118. The molecule has 1 aromatic heterocycles. The molecule has 0 unspecified atom stereocenters. The van der Waals surface area contributed by atoms with Crippen LogP contribution in [0, 0.1) is 0 Å². The molecule has 0 radical (unpaired) electrons. The summed E-state index contributed by atoms with van der Waals surface area (Å²) in [6, 6.07) is 5.33. The van der Waals surface area contributed by atoms with Gasteiger partial charge in [-0.25, -0.2) is 4.79 Å². The van der Waals surface area contributed by atoms with Crippen LogP contribution in [0.5, 0.6) is 5.75 Å². The van der Waals surface area contributed by atoms with Gasteiger partial charge >= 0.3 is 5.69 Å². The number of ether oxygens (including phenoxy) is 1. The van der Waals surface area contributed by atoms with Gasteiger partial charge in [-0.3, -0.25) is 4.79 Å². The number of carbonyl (C=O) groups is 1. The van der Waals surface area contributed by atoms with Gasteiger partial charge < -0.3 is 20.0 Å². The van der Waals surface area contributed by atoms with Crippen LogP contribution in [0.2, 0.25) is 0 Å². The molecular weight excluding hydrogens is 222 g/mol. The first-order valence-electron chi connectivity index (χ1n) is 5.07. The molecule has 6 nitrogen and oxygen atoms in total. The number of anilines is 1. The fourth-order valence-corrected chi connectivity index (χ4v) is 1.74. The fourth-order valence-electron chi connectivity index (χ4n) is 1.74. The van der Waals surface area contributed by atoms with Gasteiger partial charge in [-0.05, 0) is 18.2 Å². The third kappa shape index (κ3) is 1.69. The monoisotopic (exact) mass is 231 g/mol. The van der Waals surface area contributed by atoms with Crippen LogP contribution >= 0.6 is 0 Å². The molecule has 0 saturated carbocycles. The molecule has 0 spiro atoms. The smallest absolute Gasteiger partial charge is 0.323 e. The minimum Gasteiger partial charge on any atom is -0.482 e. The summed E-state index contributed by atoms with van der Waals surface area (Å²) in [5, 5.41) is 2.71. The highest BCUT2D eigenvalue weighted by atomic mass is 16.5. The Morgan fingerprint density at radius 3 is 2.88 bits per heavy atom. The highest BCUT2D eigenvalue weighted by Crippen LogP contribution is 2.31. The van der Waals surface area contributed by atoms with Gasteiger partial charge in [0.25, 0.3) is 5.91 Å². The van der Waals surface area contributed by atoms with E-state index in [9.17, 15) is 9.59 Å². The van der Waals surface area contributed by atoms with Crippen LogP contribution in [0.15, 0.2) is 29.2 Å². The minimum atomic E-state index is -0.266. The van der Waals surface area contributed by atoms with E-state index in [2.05, 4.69) is 15.3 Å². The second-order valence-electron chi connectivity index (χ2n) is 3.70. The zero-order chi connectivity index (χ0) is 11.8. The van der Waals surface area contributed by atoms with Crippen molar-refractivity contribution in [3.8, 4) is 17.0 Å². The number of nitrogens with one attached hydrogen (secondary N) is 3. The van der Waals surface area contributed by atoms with Crippen molar-refractivity contribution in [1.29, 1.82) is 0 Å². The number of aromatic nitrogens is 2. The third-order valence-corrected chi connectivity index (χ3v) is 2.52. The van der Waals surface area contributed by atoms with Crippen molar-refractivity contribution in [3.63, 3.8) is 0 Å². The molecular formula is C11H9N3O3. The number of carbonyl (C=O) groups excluding carboxylic acids is 1. The number of aromatic amines is 2. The molecule has 2 aromatic rings. The predicted molar refractivity (Wildman–Crippen MR) is 61.0 cm³/mol. The molecule has 1 aliphatic heterocycles. The number of imidazole rings is 1. The summed E-state index contributed by atoms with van der Waals surface area (Å²) in [6.07, 6.45) is 1.58. The van der Waals surface area contributed by atoms with Crippen LogP contribution in [-0.4, -0.2) is 22.5 Å². The summed E-state index contributed by atoms with van der Waals surface area (Å²) < 4.78 is 5.24. The number of hydrogen-bond acceptors (Lipinski definition) is 3. The number of fused-ring (bicyclic) bond motifs is 1. The highest BCUT2D eigenvalue weighted by Gasteiger charge is 2.16. The third-order valence-electron chi connectivity index (χ3n) is 2.52. The Morgan fingerprint density at radius 2 is 2.12 bits per heavy atom. The second kappa shape index (κ2) is 3.51. The van der Waals surface area contributed by atoms with Crippen LogP contribution in [0.4, 0.5) is 5.69 Å². The molecule has 1 aliphatic rings. The van der Waals surface area contributed by atoms with Crippen LogP contribution in [-0.2, 0) is 4.79 Å². The number of rotatable bonds is 1. The summed E-state index contributed by atoms with van der Waals surface area (Å²) in [5.41, 5.74) is 1.81. The maximum Gasteiger partial charge on any atom is 0.323 e. The van der Waals surface area contributed by atoms with E-state index >= 15 is 0 Å². The standard InChI is InChI=1S/C11H9N3O3/c15-10-5-17-9-2-1-6(3-7(9)13-10)8-4-12-11(16)14-8/h1-4H,5H2,(H,13,15)(H2,12,14,16). The molecule has 3 rings (SSSR count). The first kappa shape index (κ1) is 9.71. The van der Waals surface area contributed by atoms with Gasteiger partial charge in [0.15, 0.2) is 6.61 Å². The topological polar surface area (TPSA) is 87.0 Å². The molecule has 3 N–H and O–H groups in total. The molecule has 1 amide bonds. The van der Waals surface area contributed by atoms with Crippen molar-refractivity contribution in [1.82, 2.24) is 9.97 Å². The first-order valence-corrected chi connectivity index (χ1v) is 5.07. The van der Waals surface area contributed by atoms with Crippen LogP contribution < -0.4 is 15.7 Å². The molecule has 0 fully saturated rings. The molecule has 6 heteroatoms. The van der Waals surface area contributed by atoms with Crippen molar-refractivity contribution >= 4 is 11.6 Å². The Bertz CT molecular complexity index is 641. The lowest BCUT2D eigenvalue weighted by Crippen LogP contribution is -2.25. The van der Waals surface area contributed by atoms with E-state index in [0.717, 1.165) is 5.56 Å². The average Bonchev–Trinajstić information content (AvgIpc) is 2.75. The van der Waals surface area contributed by atoms with Gasteiger partial charge in [-0.1, -0.05) is 0 Å². The largest absolute Gasteiger partial charge is 0.482 e. The summed E-state index contributed by atoms with van der Waals surface area (Å²) in [5.74, 6) is 0.448.